The van der Waals surface area contributed by atoms with Gasteiger partial charge >= 0.3 is 0 Å². The molecule has 2 heterocycles. The molecule has 1 atom stereocenters. The first-order valence-electron chi connectivity index (χ1n) is 10.5. The number of halogens is 1. The van der Waals surface area contributed by atoms with Crippen molar-refractivity contribution in [2.75, 3.05) is 13.2 Å². The highest BCUT2D eigenvalue weighted by atomic mass is 35.5. The molecule has 170 valence electrons. The number of ether oxygens (including phenoxy) is 2. The van der Waals surface area contributed by atoms with Crippen molar-refractivity contribution in [2.24, 2.45) is 0 Å². The minimum atomic E-state index is -0.453. The van der Waals surface area contributed by atoms with E-state index in [1.165, 1.54) is 10.6 Å². The molecule has 1 aliphatic heterocycles. The summed E-state index contributed by atoms with van der Waals surface area (Å²) in [5.41, 5.74) is 1.07. The largest absolute Gasteiger partial charge is 0.491 e. The monoisotopic (exact) mass is 475 g/mol. The van der Waals surface area contributed by atoms with Crippen LogP contribution in [0.3, 0.4) is 0 Å². The van der Waals surface area contributed by atoms with E-state index in [-0.39, 0.29) is 17.4 Å². The maximum atomic E-state index is 13.4. The molecule has 0 spiro atoms. The Bertz CT molecular complexity index is 1480. The van der Waals surface area contributed by atoms with Gasteiger partial charge in [0.2, 0.25) is 0 Å². The number of benzene rings is 3. The maximum absolute atomic E-state index is 13.4. The normalized spacial score (nSPS) is 15.0. The topological polar surface area (TPSA) is 99.8 Å². The van der Waals surface area contributed by atoms with Crippen LogP contribution in [0, 0.1) is 10.1 Å². The predicted molar refractivity (Wildman–Crippen MR) is 130 cm³/mol. The summed E-state index contributed by atoms with van der Waals surface area (Å²) in [4.78, 5) is 29.0. The number of nitro benzene ring substituents is 1. The van der Waals surface area contributed by atoms with Crippen molar-refractivity contribution in [3.63, 3.8) is 0 Å². The molecule has 9 heteroatoms. The van der Waals surface area contributed by atoms with Gasteiger partial charge in [0.15, 0.2) is 0 Å². The first-order valence-corrected chi connectivity index (χ1v) is 10.9. The summed E-state index contributed by atoms with van der Waals surface area (Å²) in [6, 6.07) is 18.3. The minimum absolute atomic E-state index is 0.0439. The van der Waals surface area contributed by atoms with E-state index in [1.807, 2.05) is 0 Å². The SMILES string of the molecule is O=c1c2ccc(Cl)cc2nc(/C=C/c2ccccc2[N+](=O)[O-])n1-c1ccc(OCC2CO2)cc1. The van der Waals surface area contributed by atoms with Crippen LogP contribution in [-0.4, -0.2) is 33.8 Å². The molecular weight excluding hydrogens is 458 g/mol. The zero-order valence-electron chi connectivity index (χ0n) is 17.8. The van der Waals surface area contributed by atoms with Gasteiger partial charge < -0.3 is 9.47 Å². The van der Waals surface area contributed by atoms with Gasteiger partial charge in [-0.2, -0.15) is 0 Å². The van der Waals surface area contributed by atoms with Crippen LogP contribution in [0.15, 0.2) is 71.5 Å². The molecule has 0 saturated carbocycles. The van der Waals surface area contributed by atoms with Gasteiger partial charge in [-0.05, 0) is 60.7 Å². The lowest BCUT2D eigenvalue weighted by atomic mass is 10.1. The van der Waals surface area contributed by atoms with Crippen LogP contribution in [-0.2, 0) is 4.74 Å². The summed E-state index contributed by atoms with van der Waals surface area (Å²) in [5.74, 6) is 0.961. The van der Waals surface area contributed by atoms with Crippen LogP contribution in [0.25, 0.3) is 28.7 Å². The predicted octanol–water partition coefficient (Wildman–Crippen LogP) is 4.90. The van der Waals surface area contributed by atoms with Crippen LogP contribution in [0.5, 0.6) is 5.75 Å². The Kier molecular flexibility index (Phi) is 5.83. The number of aromatic nitrogens is 2. The van der Waals surface area contributed by atoms with E-state index < -0.39 is 4.92 Å². The highest BCUT2D eigenvalue weighted by molar-refractivity contribution is 6.31. The lowest BCUT2D eigenvalue weighted by molar-refractivity contribution is -0.385. The molecular formula is C25H18ClN3O5. The van der Waals surface area contributed by atoms with Crippen LogP contribution in [0.2, 0.25) is 5.02 Å². The molecule has 0 radical (unpaired) electrons. The molecule has 3 aromatic carbocycles. The zero-order chi connectivity index (χ0) is 23.7. The summed E-state index contributed by atoms with van der Waals surface area (Å²) < 4.78 is 12.3. The second-order valence-electron chi connectivity index (χ2n) is 7.68. The summed E-state index contributed by atoms with van der Waals surface area (Å²) in [5, 5.41) is 12.2. The zero-order valence-corrected chi connectivity index (χ0v) is 18.5. The number of nitrogens with zero attached hydrogens (tertiary/aromatic N) is 3. The maximum Gasteiger partial charge on any atom is 0.276 e. The van der Waals surface area contributed by atoms with E-state index >= 15 is 0 Å². The molecule has 1 saturated heterocycles. The number of rotatable bonds is 7. The van der Waals surface area contributed by atoms with Crippen molar-refractivity contribution in [1.29, 1.82) is 0 Å². The molecule has 34 heavy (non-hydrogen) atoms. The van der Waals surface area contributed by atoms with Gasteiger partial charge in [-0.15, -0.1) is 0 Å². The smallest absolute Gasteiger partial charge is 0.276 e. The molecule has 1 aromatic heterocycles. The van der Waals surface area contributed by atoms with Crippen LogP contribution in [0.4, 0.5) is 5.69 Å². The molecule has 0 bridgehead atoms. The van der Waals surface area contributed by atoms with Gasteiger partial charge in [0.05, 0.1) is 33.7 Å². The molecule has 5 rings (SSSR count). The number of epoxide rings is 1. The summed E-state index contributed by atoms with van der Waals surface area (Å²) in [6.07, 6.45) is 3.29. The van der Waals surface area contributed by atoms with Crippen LogP contribution >= 0.6 is 11.6 Å². The second-order valence-corrected chi connectivity index (χ2v) is 8.12. The highest BCUT2D eigenvalue weighted by Gasteiger charge is 2.23. The lowest BCUT2D eigenvalue weighted by Gasteiger charge is -2.12. The number of fused-ring (bicyclic) bond motifs is 1. The highest BCUT2D eigenvalue weighted by Crippen LogP contribution is 2.23. The third-order valence-electron chi connectivity index (χ3n) is 5.34. The Labute approximate surface area is 198 Å². The lowest BCUT2D eigenvalue weighted by Crippen LogP contribution is -2.22. The van der Waals surface area contributed by atoms with E-state index in [4.69, 9.17) is 21.1 Å². The first kappa shape index (κ1) is 21.8. The van der Waals surface area contributed by atoms with Gasteiger partial charge in [-0.1, -0.05) is 23.7 Å². The third-order valence-corrected chi connectivity index (χ3v) is 5.57. The molecule has 0 amide bonds. The molecule has 0 aliphatic carbocycles. The van der Waals surface area contributed by atoms with E-state index in [1.54, 1.807) is 72.8 Å². The summed E-state index contributed by atoms with van der Waals surface area (Å²) in [7, 11) is 0. The van der Waals surface area contributed by atoms with E-state index in [0.717, 1.165) is 0 Å². The van der Waals surface area contributed by atoms with Crippen molar-refractivity contribution < 1.29 is 14.4 Å². The number of hydrogen-bond acceptors (Lipinski definition) is 6. The third kappa shape index (κ3) is 4.54. The van der Waals surface area contributed by atoms with Gasteiger partial charge in [0.25, 0.3) is 11.2 Å². The van der Waals surface area contributed by atoms with E-state index in [0.29, 0.717) is 52.0 Å². The van der Waals surface area contributed by atoms with Crippen molar-refractivity contribution in [3.05, 3.63) is 104 Å². The van der Waals surface area contributed by atoms with Gasteiger partial charge in [0, 0.05) is 11.1 Å². The average Bonchev–Trinajstić information content (AvgIpc) is 3.66. The number of para-hydroxylation sites is 1. The molecule has 1 aliphatic rings. The van der Waals surface area contributed by atoms with Gasteiger partial charge in [-0.3, -0.25) is 19.5 Å². The Morgan fingerprint density at radius 3 is 2.65 bits per heavy atom. The number of hydrogen-bond donors (Lipinski definition) is 0. The Hall–Kier alpha value is -4.01. The Morgan fingerprint density at radius 1 is 1.15 bits per heavy atom. The average molecular weight is 476 g/mol. The van der Waals surface area contributed by atoms with E-state index in [9.17, 15) is 14.9 Å². The molecule has 0 N–H and O–H groups in total. The fourth-order valence-corrected chi connectivity index (χ4v) is 3.71. The summed E-state index contributed by atoms with van der Waals surface area (Å²) >= 11 is 6.12. The van der Waals surface area contributed by atoms with Crippen LogP contribution in [0.1, 0.15) is 11.4 Å². The van der Waals surface area contributed by atoms with E-state index in [2.05, 4.69) is 4.98 Å². The van der Waals surface area contributed by atoms with Crippen molar-refractivity contribution in [2.45, 2.75) is 6.10 Å². The fraction of sp³-hybridized carbons (Fsp3) is 0.120. The van der Waals surface area contributed by atoms with Crippen molar-refractivity contribution in [3.8, 4) is 11.4 Å². The molecule has 1 fully saturated rings. The first-order chi connectivity index (χ1) is 16.5. The molecule has 8 nitrogen and oxygen atoms in total. The van der Waals surface area contributed by atoms with Gasteiger partial charge in [-0.25, -0.2) is 4.98 Å². The minimum Gasteiger partial charge on any atom is -0.491 e. The molecule has 1 unspecified atom stereocenters. The van der Waals surface area contributed by atoms with Gasteiger partial charge in [0.1, 0.15) is 24.3 Å². The fourth-order valence-electron chi connectivity index (χ4n) is 3.54. The second kappa shape index (κ2) is 9.09. The number of nitro groups is 1. The van der Waals surface area contributed by atoms with Crippen molar-refractivity contribution in [1.82, 2.24) is 9.55 Å². The van der Waals surface area contributed by atoms with Crippen molar-refractivity contribution >= 4 is 40.3 Å². The summed E-state index contributed by atoms with van der Waals surface area (Å²) in [6.45, 7) is 1.18. The quantitative estimate of drug-likeness (QED) is 0.214. The standard InChI is InChI=1S/C25H18ClN3O5/c26-17-6-11-21-22(13-17)27-24(12-5-16-3-1-2-4-23(16)29(31)32)28(25(21)30)18-7-9-19(10-8-18)33-14-20-15-34-20/h1-13,20H,14-15H2/b12-5+. The van der Waals surface area contributed by atoms with Crippen LogP contribution < -0.4 is 10.3 Å². The Balaban J connectivity index is 1.60. The molecule has 4 aromatic rings. The Morgan fingerprint density at radius 2 is 1.91 bits per heavy atom.